The first-order chi connectivity index (χ1) is 15.0. The summed E-state index contributed by atoms with van der Waals surface area (Å²) in [5, 5.41) is 8.09. The molecule has 166 valence electrons. The van der Waals surface area contributed by atoms with Gasteiger partial charge in [0.1, 0.15) is 5.76 Å². The summed E-state index contributed by atoms with van der Waals surface area (Å²) in [6, 6.07) is 8.34. The van der Waals surface area contributed by atoms with Crippen LogP contribution in [0.25, 0.3) is 5.57 Å². The summed E-state index contributed by atoms with van der Waals surface area (Å²) < 4.78 is 6.04. The van der Waals surface area contributed by atoms with Crippen LogP contribution in [0.3, 0.4) is 0 Å². The van der Waals surface area contributed by atoms with Crippen molar-refractivity contribution in [2.45, 2.75) is 39.5 Å². The summed E-state index contributed by atoms with van der Waals surface area (Å²) in [4.78, 5) is 0. The van der Waals surface area contributed by atoms with Gasteiger partial charge in [0.15, 0.2) is 5.88 Å². The van der Waals surface area contributed by atoms with Crippen molar-refractivity contribution >= 4 is 11.3 Å². The average Bonchev–Trinajstić information content (AvgIpc) is 2.76. The first kappa shape index (κ1) is 25.7. The first-order valence-corrected chi connectivity index (χ1v) is 10.6. The molecule has 0 aliphatic carbocycles. The van der Waals surface area contributed by atoms with Crippen LogP contribution in [0.15, 0.2) is 90.7 Å². The molecule has 0 aromatic heterocycles. The molecular formula is C26H36N4O. The second-order valence-electron chi connectivity index (χ2n) is 6.90. The van der Waals surface area contributed by atoms with Crippen LogP contribution >= 0.6 is 0 Å². The number of hydrogen-bond acceptors (Lipinski definition) is 5. The third-order valence-electron chi connectivity index (χ3n) is 4.61. The average molecular weight is 421 g/mol. The van der Waals surface area contributed by atoms with Gasteiger partial charge in [0.05, 0.1) is 0 Å². The van der Waals surface area contributed by atoms with Crippen LogP contribution in [0.5, 0.6) is 0 Å². The van der Waals surface area contributed by atoms with E-state index in [0.29, 0.717) is 24.4 Å². The van der Waals surface area contributed by atoms with Crippen molar-refractivity contribution in [2.24, 2.45) is 17.2 Å². The van der Waals surface area contributed by atoms with E-state index in [1.807, 2.05) is 18.2 Å². The zero-order valence-corrected chi connectivity index (χ0v) is 18.7. The summed E-state index contributed by atoms with van der Waals surface area (Å²) >= 11 is 0. The fourth-order valence-electron chi connectivity index (χ4n) is 2.94. The highest BCUT2D eigenvalue weighted by Gasteiger charge is 2.10. The van der Waals surface area contributed by atoms with Gasteiger partial charge < -0.3 is 27.3 Å². The molecule has 0 spiro atoms. The molecule has 0 bridgehead atoms. The maximum atomic E-state index is 8.09. The predicted molar refractivity (Wildman–Crippen MR) is 133 cm³/mol. The first-order valence-electron chi connectivity index (χ1n) is 10.6. The summed E-state index contributed by atoms with van der Waals surface area (Å²) in [6.07, 6.45) is 14.9. The Hall–Kier alpha value is -3.31. The molecule has 0 fully saturated rings. The van der Waals surface area contributed by atoms with Crippen molar-refractivity contribution in [3.05, 3.63) is 102 Å². The lowest BCUT2D eigenvalue weighted by Gasteiger charge is -2.15. The molecule has 0 saturated heterocycles. The van der Waals surface area contributed by atoms with Crippen molar-refractivity contribution in [1.29, 1.82) is 5.41 Å². The summed E-state index contributed by atoms with van der Waals surface area (Å²) in [5.74, 6) is 0.832. The lowest BCUT2D eigenvalue weighted by atomic mass is 9.98. The second kappa shape index (κ2) is 14.6. The molecule has 0 amide bonds. The minimum absolute atomic E-state index is 0.171. The van der Waals surface area contributed by atoms with Crippen molar-refractivity contribution in [3.8, 4) is 0 Å². The number of benzene rings is 1. The maximum Gasteiger partial charge on any atom is 0.192 e. The molecule has 0 aliphatic rings. The Balaban J connectivity index is 3.28. The Kier molecular flexibility index (Phi) is 12.1. The van der Waals surface area contributed by atoms with Crippen molar-refractivity contribution in [2.75, 3.05) is 6.54 Å². The molecule has 7 N–H and O–H groups in total. The van der Waals surface area contributed by atoms with E-state index in [0.717, 1.165) is 36.0 Å². The van der Waals surface area contributed by atoms with E-state index in [4.69, 9.17) is 27.3 Å². The Morgan fingerprint density at radius 3 is 2.35 bits per heavy atom. The standard InChI is InChI=1S/C26H36N4O/c1-4-20(5-2)18-25(31-26(30)19-23(29)10-8-7-9-16-27)24(6-3)22-13-11-21(12-14-22)15-17-28/h4,7-9,11-14,16,18-19,29H,1,5-6,10,15,17,27-28,30H2,2-3H3/b8-7-,16-9-,20-18+,25-24-,26-19+,29-23?. The van der Waals surface area contributed by atoms with Gasteiger partial charge in [0.25, 0.3) is 0 Å². The minimum Gasteiger partial charge on any atom is -0.441 e. The van der Waals surface area contributed by atoms with Crippen molar-refractivity contribution < 1.29 is 4.74 Å². The number of ether oxygens (including phenoxy) is 1. The van der Waals surface area contributed by atoms with Gasteiger partial charge >= 0.3 is 0 Å². The van der Waals surface area contributed by atoms with Gasteiger partial charge in [-0.2, -0.15) is 0 Å². The summed E-state index contributed by atoms with van der Waals surface area (Å²) in [7, 11) is 0. The zero-order valence-electron chi connectivity index (χ0n) is 18.7. The quantitative estimate of drug-likeness (QED) is 0.202. The number of rotatable bonds is 13. The van der Waals surface area contributed by atoms with Crippen LogP contribution in [0.2, 0.25) is 0 Å². The number of nitrogens with one attached hydrogen (secondary N) is 1. The monoisotopic (exact) mass is 420 g/mol. The minimum atomic E-state index is 0.171. The molecule has 0 radical (unpaired) electrons. The second-order valence-corrected chi connectivity index (χ2v) is 6.90. The third kappa shape index (κ3) is 9.36. The predicted octanol–water partition coefficient (Wildman–Crippen LogP) is 5.09. The van der Waals surface area contributed by atoms with Gasteiger partial charge in [-0.25, -0.2) is 0 Å². The molecule has 5 heteroatoms. The third-order valence-corrected chi connectivity index (χ3v) is 4.61. The molecule has 0 heterocycles. The van der Waals surface area contributed by atoms with E-state index in [-0.39, 0.29) is 5.88 Å². The van der Waals surface area contributed by atoms with E-state index in [1.54, 1.807) is 12.2 Å². The number of nitrogens with two attached hydrogens (primary N) is 3. The molecule has 0 atom stereocenters. The van der Waals surface area contributed by atoms with Gasteiger partial charge in [-0.15, -0.1) is 0 Å². The number of allylic oxidation sites excluding steroid dienone is 8. The van der Waals surface area contributed by atoms with E-state index < -0.39 is 0 Å². The van der Waals surface area contributed by atoms with Gasteiger partial charge in [-0.05, 0) is 60.9 Å². The number of hydrogen-bond donors (Lipinski definition) is 4. The fraction of sp³-hybridized carbons (Fsp3) is 0.269. The van der Waals surface area contributed by atoms with Gasteiger partial charge in [-0.1, -0.05) is 62.9 Å². The molecule has 0 aliphatic heterocycles. The Morgan fingerprint density at radius 2 is 1.81 bits per heavy atom. The topological polar surface area (TPSA) is 111 Å². The lowest BCUT2D eigenvalue weighted by molar-refractivity contribution is 0.317. The molecule has 1 aromatic carbocycles. The summed E-state index contributed by atoms with van der Waals surface area (Å²) in [5.41, 5.74) is 21.8. The molecule has 1 aromatic rings. The van der Waals surface area contributed by atoms with Crippen LogP contribution in [-0.4, -0.2) is 12.3 Å². The van der Waals surface area contributed by atoms with Gasteiger partial charge in [0.2, 0.25) is 0 Å². The molecule has 31 heavy (non-hydrogen) atoms. The van der Waals surface area contributed by atoms with Crippen LogP contribution in [0.1, 0.15) is 44.2 Å². The fourth-order valence-corrected chi connectivity index (χ4v) is 2.94. The highest BCUT2D eigenvalue weighted by atomic mass is 16.5. The normalized spacial score (nSPS) is 13.5. The molecule has 1 rings (SSSR count). The van der Waals surface area contributed by atoms with E-state index in [2.05, 4.69) is 44.7 Å². The largest absolute Gasteiger partial charge is 0.441 e. The molecule has 0 unspecified atom stereocenters. The van der Waals surface area contributed by atoms with Crippen LogP contribution in [-0.2, 0) is 11.2 Å². The molecular weight excluding hydrogens is 384 g/mol. The summed E-state index contributed by atoms with van der Waals surface area (Å²) in [6.45, 7) is 8.66. The SMILES string of the molecule is C=C/C(=C\C(O/C(N)=C/C(=N)C/C=C\C=C/N)=C(/CC)c1ccc(CCN)cc1)CC. The van der Waals surface area contributed by atoms with Crippen LogP contribution in [0, 0.1) is 5.41 Å². The van der Waals surface area contributed by atoms with E-state index >= 15 is 0 Å². The van der Waals surface area contributed by atoms with E-state index in [9.17, 15) is 0 Å². The Labute approximate surface area is 186 Å². The van der Waals surface area contributed by atoms with Crippen molar-refractivity contribution in [3.63, 3.8) is 0 Å². The van der Waals surface area contributed by atoms with Crippen molar-refractivity contribution in [1.82, 2.24) is 0 Å². The maximum absolute atomic E-state index is 8.09. The van der Waals surface area contributed by atoms with Gasteiger partial charge in [0, 0.05) is 23.8 Å². The van der Waals surface area contributed by atoms with Gasteiger partial charge in [-0.3, -0.25) is 0 Å². The highest BCUT2D eigenvalue weighted by Crippen LogP contribution is 2.27. The highest BCUT2D eigenvalue weighted by molar-refractivity contribution is 5.93. The van der Waals surface area contributed by atoms with Crippen LogP contribution < -0.4 is 17.2 Å². The molecule has 5 nitrogen and oxygen atoms in total. The van der Waals surface area contributed by atoms with E-state index in [1.165, 1.54) is 17.8 Å². The zero-order chi connectivity index (χ0) is 23.1. The smallest absolute Gasteiger partial charge is 0.192 e. The Bertz CT molecular complexity index is 871. The van der Waals surface area contributed by atoms with Crippen LogP contribution in [0.4, 0.5) is 0 Å². The Morgan fingerprint density at radius 1 is 1.10 bits per heavy atom. The lowest BCUT2D eigenvalue weighted by Crippen LogP contribution is -2.07. The molecule has 0 saturated carbocycles.